The van der Waals surface area contributed by atoms with Crippen LogP contribution in [0.1, 0.15) is 36.6 Å². The number of guanidine groups is 1. The van der Waals surface area contributed by atoms with E-state index in [0.29, 0.717) is 11.1 Å². The summed E-state index contributed by atoms with van der Waals surface area (Å²) in [6.07, 6.45) is -3.31. The first-order valence-electron chi connectivity index (χ1n) is 13.7. The summed E-state index contributed by atoms with van der Waals surface area (Å²) in [6, 6.07) is 18.3. The van der Waals surface area contributed by atoms with Crippen LogP contribution in [0.3, 0.4) is 0 Å². The number of Topliss-reactive ketones (excluding diaryl/α,β-unsaturated/α-hetero) is 1. The Bertz CT molecular complexity index is 1580. The number of phenolic OH excluding ortho intramolecular Hbond substituents is 1. The highest BCUT2D eigenvalue weighted by molar-refractivity contribution is 7.55. The molecule has 0 bridgehead atoms. The molecular weight excluding hydrogens is 605 g/mol. The number of phenols is 1. The summed E-state index contributed by atoms with van der Waals surface area (Å²) < 4.78 is 24.5. The van der Waals surface area contributed by atoms with Crippen molar-refractivity contribution in [2.24, 2.45) is 28.1 Å². The van der Waals surface area contributed by atoms with Crippen molar-refractivity contribution in [2.45, 2.75) is 44.3 Å². The Morgan fingerprint density at radius 2 is 1.62 bits per heavy atom. The van der Waals surface area contributed by atoms with Gasteiger partial charge in [0.1, 0.15) is 12.4 Å². The van der Waals surface area contributed by atoms with Crippen LogP contribution in [0.5, 0.6) is 5.75 Å². The number of hydrogen-bond donors (Lipinski definition) is 7. The smallest absolute Gasteiger partial charge is 0.408 e. The number of rotatable bonds is 14. The summed E-state index contributed by atoms with van der Waals surface area (Å²) in [7, 11) is -5.39. The summed E-state index contributed by atoms with van der Waals surface area (Å²) in [5.41, 5.74) is 18.4. The molecule has 0 radical (unpaired) electrons. The lowest BCUT2D eigenvalue weighted by atomic mass is 9.91. The predicted molar refractivity (Wildman–Crippen MR) is 165 cm³/mol. The van der Waals surface area contributed by atoms with E-state index in [9.17, 15) is 34.1 Å². The van der Waals surface area contributed by atoms with Crippen LogP contribution in [0.15, 0.2) is 83.9 Å². The molecule has 3 rings (SSSR count). The summed E-state index contributed by atoms with van der Waals surface area (Å²) >= 11 is 0. The van der Waals surface area contributed by atoms with E-state index in [2.05, 4.69) is 10.3 Å². The molecule has 15 heteroatoms. The number of ketones is 1. The molecule has 0 aliphatic rings. The number of nitrogens with one attached hydrogen (secondary N) is 1. The van der Waals surface area contributed by atoms with E-state index >= 15 is 0 Å². The zero-order chi connectivity index (χ0) is 33.4. The minimum atomic E-state index is -5.39. The number of hydrogen-bond acceptors (Lipinski definition) is 9. The van der Waals surface area contributed by atoms with Crippen molar-refractivity contribution in [2.75, 3.05) is 0 Å². The minimum absolute atomic E-state index is 0.0518. The lowest BCUT2D eigenvalue weighted by Gasteiger charge is -2.38. The first kappa shape index (κ1) is 34.7. The number of carbonyl (C=O) groups is 3. The van der Waals surface area contributed by atoms with Crippen LogP contribution in [0, 0.1) is 5.92 Å². The number of aliphatic carboxylic acids is 1. The van der Waals surface area contributed by atoms with Gasteiger partial charge >= 0.3 is 19.7 Å². The molecule has 0 spiro atoms. The zero-order valence-corrected chi connectivity index (χ0v) is 25.5. The van der Waals surface area contributed by atoms with Gasteiger partial charge in [0.15, 0.2) is 23.1 Å². The number of aromatic hydroxyl groups is 1. The Hall–Kier alpha value is -4.75. The van der Waals surface area contributed by atoms with E-state index in [0.717, 1.165) is 0 Å². The third kappa shape index (κ3) is 8.89. The molecule has 0 saturated carbocycles. The maximum absolute atomic E-state index is 14.1. The van der Waals surface area contributed by atoms with E-state index in [4.69, 9.17) is 26.5 Å². The summed E-state index contributed by atoms with van der Waals surface area (Å²) in [6.45, 7) is 2.63. The molecule has 0 saturated heterocycles. The number of ether oxygens (including phenoxy) is 1. The summed E-state index contributed by atoms with van der Waals surface area (Å²) in [5, 5.41) is 19.3. The highest BCUT2D eigenvalue weighted by atomic mass is 31.2. The predicted octanol–water partition coefficient (Wildman–Crippen LogP) is 3.04. The van der Waals surface area contributed by atoms with Gasteiger partial charge in [-0.2, -0.15) is 0 Å². The molecule has 0 heterocycles. The minimum Gasteiger partial charge on any atom is -0.508 e. The van der Waals surface area contributed by atoms with Crippen LogP contribution in [0.25, 0.3) is 0 Å². The molecule has 0 aliphatic carbocycles. The van der Waals surface area contributed by atoms with Crippen molar-refractivity contribution in [3.63, 3.8) is 0 Å². The van der Waals surface area contributed by atoms with E-state index < -0.39 is 48.8 Å². The molecule has 0 aliphatic heterocycles. The molecule has 0 aromatic heterocycles. The molecule has 3 aromatic rings. The normalized spacial score (nSPS) is 15.1. The first-order valence-corrected chi connectivity index (χ1v) is 15.2. The Labute approximate surface area is 259 Å². The zero-order valence-electron chi connectivity index (χ0n) is 24.6. The molecule has 4 atom stereocenters. The molecule has 14 nitrogen and oxygen atoms in total. The number of aliphatic imine (C=N–C) groups is 1. The van der Waals surface area contributed by atoms with Crippen molar-refractivity contribution in [3.8, 4) is 5.75 Å². The molecule has 3 aromatic carbocycles. The number of nitrogens with two attached hydrogens (primary N) is 3. The average Bonchev–Trinajstić information content (AvgIpc) is 2.98. The van der Waals surface area contributed by atoms with Crippen LogP contribution in [0.2, 0.25) is 0 Å². The van der Waals surface area contributed by atoms with Crippen LogP contribution >= 0.6 is 7.60 Å². The molecule has 240 valence electrons. The summed E-state index contributed by atoms with van der Waals surface area (Å²) in [5.74, 6) is -4.25. The first-order chi connectivity index (χ1) is 21.1. The Morgan fingerprint density at radius 1 is 0.978 bits per heavy atom. The SMILES string of the molecule is CC(C)C(N)(C(=O)C(Cc1ccc(O)cc1)NC(=O)OCc1ccccc1)P(=O)(O)OC(C(=O)O)c1cccc(N=C(N)N)c1. The second-order valence-electron chi connectivity index (χ2n) is 10.4. The van der Waals surface area contributed by atoms with Gasteiger partial charge in [-0.25, -0.2) is 14.6 Å². The molecular formula is C30H36N5O9P. The number of carboxylic acids is 1. The standard InChI is InChI=1S/C30H36N5O9P/c1-18(2)30(33,45(41,42)44-25(27(38)39)21-9-6-10-22(16-21)34-28(31)32)26(37)24(15-19-11-13-23(36)14-12-19)35-29(40)43-17-20-7-4-3-5-8-20/h3-14,16,18,24-25,36H,15,17,33H2,1-2H3,(H,35,40)(H,38,39)(H,41,42)(H4,31,32,34). The third-order valence-corrected chi connectivity index (χ3v) is 9.01. The quantitative estimate of drug-likeness (QED) is 0.0762. The lowest BCUT2D eigenvalue weighted by molar-refractivity contribution is -0.146. The highest BCUT2D eigenvalue weighted by Crippen LogP contribution is 2.59. The van der Waals surface area contributed by atoms with Crippen LogP contribution in [-0.2, 0) is 36.4 Å². The van der Waals surface area contributed by atoms with Gasteiger partial charge < -0.3 is 42.4 Å². The van der Waals surface area contributed by atoms with Crippen LogP contribution < -0.4 is 22.5 Å². The van der Waals surface area contributed by atoms with Crippen LogP contribution in [-0.4, -0.2) is 50.2 Å². The van der Waals surface area contributed by atoms with Gasteiger partial charge in [0.05, 0.1) is 11.7 Å². The van der Waals surface area contributed by atoms with Gasteiger partial charge in [0.2, 0.25) is 0 Å². The molecule has 0 fully saturated rings. The van der Waals surface area contributed by atoms with Crippen molar-refractivity contribution >= 4 is 37.1 Å². The Morgan fingerprint density at radius 3 is 2.20 bits per heavy atom. The fourth-order valence-electron chi connectivity index (χ4n) is 4.40. The average molecular weight is 642 g/mol. The van der Waals surface area contributed by atoms with Gasteiger partial charge in [-0.05, 0) is 53.3 Å². The molecule has 45 heavy (non-hydrogen) atoms. The summed E-state index contributed by atoms with van der Waals surface area (Å²) in [4.78, 5) is 54.4. The van der Waals surface area contributed by atoms with Crippen molar-refractivity contribution < 1.29 is 43.3 Å². The maximum Gasteiger partial charge on any atom is 0.408 e. The number of alkyl carbamates (subject to hydrolysis) is 1. The topological polar surface area (TPSA) is 250 Å². The second kappa shape index (κ2) is 14.8. The number of benzene rings is 3. The van der Waals surface area contributed by atoms with Crippen molar-refractivity contribution in [3.05, 3.63) is 95.6 Å². The fourth-order valence-corrected chi connectivity index (χ4v) is 6.16. The maximum atomic E-state index is 14.1. The monoisotopic (exact) mass is 641 g/mol. The third-order valence-electron chi connectivity index (χ3n) is 6.84. The number of carbonyl (C=O) groups excluding carboxylic acids is 2. The Balaban J connectivity index is 1.97. The highest BCUT2D eigenvalue weighted by Gasteiger charge is 2.57. The van der Waals surface area contributed by atoms with Crippen LogP contribution in [0.4, 0.5) is 10.5 Å². The van der Waals surface area contributed by atoms with E-state index in [-0.39, 0.29) is 36.0 Å². The molecule has 10 N–H and O–H groups in total. The van der Waals surface area contributed by atoms with E-state index in [1.807, 2.05) is 0 Å². The largest absolute Gasteiger partial charge is 0.508 e. The Kier molecular flexibility index (Phi) is 11.4. The number of nitrogens with zero attached hydrogens (tertiary/aromatic N) is 1. The van der Waals surface area contributed by atoms with Crippen molar-refractivity contribution in [1.29, 1.82) is 0 Å². The van der Waals surface area contributed by atoms with Gasteiger partial charge in [0.25, 0.3) is 0 Å². The van der Waals surface area contributed by atoms with E-state index in [1.165, 1.54) is 62.4 Å². The molecule has 1 amide bonds. The lowest BCUT2D eigenvalue weighted by Crippen LogP contribution is -2.60. The van der Waals surface area contributed by atoms with Gasteiger partial charge in [0, 0.05) is 0 Å². The van der Waals surface area contributed by atoms with Gasteiger partial charge in [-0.15, -0.1) is 0 Å². The van der Waals surface area contributed by atoms with E-state index in [1.54, 1.807) is 30.3 Å². The number of amides is 1. The number of carboxylic acid groups (broad SMARTS) is 1. The van der Waals surface area contributed by atoms with Gasteiger partial charge in [-0.3, -0.25) is 13.9 Å². The fraction of sp³-hybridized carbons (Fsp3) is 0.267. The van der Waals surface area contributed by atoms with Gasteiger partial charge in [-0.1, -0.05) is 68.4 Å². The second-order valence-corrected chi connectivity index (χ2v) is 12.4. The van der Waals surface area contributed by atoms with Crippen molar-refractivity contribution in [1.82, 2.24) is 5.32 Å². The molecule has 4 unspecified atom stereocenters.